The molecule has 0 radical (unpaired) electrons. The average molecular weight is 766 g/mol. The Hall–Kier alpha value is -5.49. The Balaban J connectivity index is 1.44. The zero-order chi connectivity index (χ0) is 40.2. The van der Waals surface area contributed by atoms with E-state index in [2.05, 4.69) is 19.2 Å². The van der Waals surface area contributed by atoms with Crippen LogP contribution in [0.15, 0.2) is 72.8 Å². The lowest BCUT2D eigenvalue weighted by atomic mass is 9.93. The average Bonchev–Trinajstić information content (AvgIpc) is 3.60. The van der Waals surface area contributed by atoms with Gasteiger partial charge in [-0.3, -0.25) is 19.2 Å². The smallest absolute Gasteiger partial charge is 0.311 e. The first-order valence-electron chi connectivity index (χ1n) is 19.8. The molecule has 4 aromatic rings. The highest BCUT2D eigenvalue weighted by Gasteiger charge is 2.32. The van der Waals surface area contributed by atoms with Crippen LogP contribution in [0.5, 0.6) is 11.5 Å². The molecule has 1 aromatic heterocycles. The summed E-state index contributed by atoms with van der Waals surface area (Å²) in [6, 6.07) is 20.8. The summed E-state index contributed by atoms with van der Waals surface area (Å²) in [6.07, 6.45) is 4.39. The highest BCUT2D eigenvalue weighted by molar-refractivity contribution is 6.01. The second kappa shape index (κ2) is 19.9. The number of amides is 3. The molecule has 2 atom stereocenters. The Labute approximate surface area is 329 Å². The van der Waals surface area contributed by atoms with E-state index < -0.39 is 23.8 Å². The predicted octanol–water partition coefficient (Wildman–Crippen LogP) is 7.14. The van der Waals surface area contributed by atoms with E-state index in [0.717, 1.165) is 36.8 Å². The number of carbonyl (C=O) groups excluding carboxylic acids is 4. The van der Waals surface area contributed by atoms with Gasteiger partial charge in [0, 0.05) is 36.9 Å². The first-order valence-corrected chi connectivity index (χ1v) is 19.8. The van der Waals surface area contributed by atoms with Crippen LogP contribution in [-0.2, 0) is 22.6 Å². The van der Waals surface area contributed by atoms with E-state index in [9.17, 15) is 24.3 Å². The van der Waals surface area contributed by atoms with Crippen LogP contribution in [0, 0.1) is 12.8 Å². The number of esters is 1. The summed E-state index contributed by atoms with van der Waals surface area (Å²) in [4.78, 5) is 58.5. The maximum Gasteiger partial charge on any atom is 0.311 e. The minimum Gasteiger partial charge on any atom is -0.494 e. The van der Waals surface area contributed by atoms with Crippen molar-refractivity contribution in [3.63, 3.8) is 0 Å². The first-order chi connectivity index (χ1) is 27.1. The van der Waals surface area contributed by atoms with Gasteiger partial charge in [0.25, 0.3) is 11.8 Å². The number of rotatable bonds is 18. The van der Waals surface area contributed by atoms with Gasteiger partial charge in [0.2, 0.25) is 5.91 Å². The molecule has 3 aromatic carbocycles. The molecular weight excluding hydrogens is 711 g/mol. The van der Waals surface area contributed by atoms with Gasteiger partial charge < -0.3 is 29.7 Å². The summed E-state index contributed by atoms with van der Waals surface area (Å²) < 4.78 is 12.6. The monoisotopic (exact) mass is 765 g/mol. The van der Waals surface area contributed by atoms with Crippen LogP contribution in [0.3, 0.4) is 0 Å². The molecule has 5 rings (SSSR count). The number of hydrogen-bond acceptors (Lipinski definition) is 8. The fraction of sp³-hybridized carbons (Fsp3) is 0.432. The number of unbranched alkanes of at least 4 members (excludes halogenated alkanes) is 2. The summed E-state index contributed by atoms with van der Waals surface area (Å²) in [5, 5.41) is 18.1. The van der Waals surface area contributed by atoms with E-state index in [1.165, 1.54) is 0 Å². The van der Waals surface area contributed by atoms with Gasteiger partial charge in [-0.05, 0) is 99.2 Å². The van der Waals surface area contributed by atoms with Gasteiger partial charge in [-0.2, -0.15) is 5.10 Å². The van der Waals surface area contributed by atoms with Gasteiger partial charge in [0.15, 0.2) is 5.69 Å². The Kier molecular flexibility index (Phi) is 14.8. The van der Waals surface area contributed by atoms with Gasteiger partial charge in [0.1, 0.15) is 11.5 Å². The number of aromatic nitrogens is 2. The molecule has 2 N–H and O–H groups in total. The van der Waals surface area contributed by atoms with E-state index in [1.54, 1.807) is 58.1 Å². The maximum atomic E-state index is 14.7. The van der Waals surface area contributed by atoms with Crippen molar-refractivity contribution in [3.05, 3.63) is 101 Å². The van der Waals surface area contributed by atoms with Crippen LogP contribution < -0.4 is 14.8 Å². The fourth-order valence-electron chi connectivity index (χ4n) is 6.92. The van der Waals surface area contributed by atoms with Crippen molar-refractivity contribution in [3.8, 4) is 17.2 Å². The van der Waals surface area contributed by atoms with E-state index in [-0.39, 0.29) is 42.6 Å². The molecule has 1 aliphatic heterocycles. The second-order valence-electron chi connectivity index (χ2n) is 14.2. The number of hydrogen-bond donors (Lipinski definition) is 2. The maximum absolute atomic E-state index is 14.7. The Bertz CT molecular complexity index is 1970. The number of anilines is 1. The Morgan fingerprint density at radius 1 is 0.911 bits per heavy atom. The lowest BCUT2D eigenvalue weighted by Gasteiger charge is -2.36. The van der Waals surface area contributed by atoms with Crippen molar-refractivity contribution in [2.75, 3.05) is 31.6 Å². The van der Waals surface area contributed by atoms with Crippen LogP contribution in [-0.4, -0.2) is 80.7 Å². The van der Waals surface area contributed by atoms with E-state index >= 15 is 0 Å². The van der Waals surface area contributed by atoms with Gasteiger partial charge in [-0.25, -0.2) is 4.68 Å². The van der Waals surface area contributed by atoms with Crippen LogP contribution in [0.2, 0.25) is 0 Å². The molecule has 1 unspecified atom stereocenters. The lowest BCUT2D eigenvalue weighted by Crippen LogP contribution is -2.46. The third-order valence-electron chi connectivity index (χ3n) is 10.1. The highest BCUT2D eigenvalue weighted by Crippen LogP contribution is 2.30. The highest BCUT2D eigenvalue weighted by atomic mass is 16.5. The summed E-state index contributed by atoms with van der Waals surface area (Å²) in [6.45, 7) is 11.6. The largest absolute Gasteiger partial charge is 0.494 e. The van der Waals surface area contributed by atoms with Crippen molar-refractivity contribution >= 4 is 29.4 Å². The fourth-order valence-corrected chi connectivity index (χ4v) is 6.92. The lowest BCUT2D eigenvalue weighted by molar-refractivity contribution is -0.137. The molecule has 2 heterocycles. The predicted molar refractivity (Wildman–Crippen MR) is 215 cm³/mol. The molecule has 3 amide bonds. The first kappa shape index (κ1) is 41.7. The van der Waals surface area contributed by atoms with Crippen LogP contribution in [0.1, 0.15) is 104 Å². The Morgan fingerprint density at radius 2 is 1.59 bits per heavy atom. The molecule has 0 saturated carbocycles. The summed E-state index contributed by atoms with van der Waals surface area (Å²) >= 11 is 0. The zero-order valence-corrected chi connectivity index (χ0v) is 33.3. The quantitative estimate of drug-likeness (QED) is 0.0804. The minimum absolute atomic E-state index is 0.151. The SMILES string of the molecule is CCCCN(CCCC)C(=O)c1cc(C)n(-c2ccc(NC(=O)C(CC)CC(=O)Oc3ccc(OCC)cc3)cc2C(=O)N2Cc3ccccc3C[C@H]2CO)n1. The van der Waals surface area contributed by atoms with Gasteiger partial charge >= 0.3 is 5.97 Å². The number of nitrogens with zero attached hydrogens (tertiary/aromatic N) is 4. The number of fused-ring (bicyclic) bond motifs is 1. The second-order valence-corrected chi connectivity index (χ2v) is 14.2. The summed E-state index contributed by atoms with van der Waals surface area (Å²) in [7, 11) is 0. The van der Waals surface area contributed by atoms with E-state index in [4.69, 9.17) is 14.6 Å². The normalized spacial score (nSPS) is 14.1. The van der Waals surface area contributed by atoms with Crippen molar-refractivity contribution < 1.29 is 33.8 Å². The number of aryl methyl sites for hydroxylation is 1. The summed E-state index contributed by atoms with van der Waals surface area (Å²) in [5.74, 6) is -1.16. The molecule has 298 valence electrons. The van der Waals surface area contributed by atoms with Crippen molar-refractivity contribution in [2.45, 2.75) is 92.2 Å². The summed E-state index contributed by atoms with van der Waals surface area (Å²) in [5.41, 5.74) is 4.03. The number of nitrogens with one attached hydrogen (secondary N) is 1. The molecule has 0 fully saturated rings. The molecule has 0 spiro atoms. The van der Waals surface area contributed by atoms with Gasteiger partial charge in [-0.15, -0.1) is 0 Å². The third kappa shape index (κ3) is 10.2. The molecule has 0 saturated heterocycles. The number of aliphatic hydroxyl groups excluding tert-OH is 1. The standard InChI is InChI=1S/C44H55N5O7/c1-6-10-22-47(23-11-7-2)44(54)39-24-30(5)49(46-39)40-21-16-34(27-38(40)43(53)48-28-33-15-13-12-14-32(33)25-35(48)29-50)45-42(52)31(8-3)26-41(51)56-37-19-17-36(18-20-37)55-9-4/h12-21,24,27,31,35,50H,6-11,22-23,25-26,28-29H2,1-5H3,(H,45,52)/t31?,35-/m0/s1. The van der Waals surface area contributed by atoms with Gasteiger partial charge in [0.05, 0.1) is 36.9 Å². The van der Waals surface area contributed by atoms with Crippen molar-refractivity contribution in [1.29, 1.82) is 0 Å². The molecule has 56 heavy (non-hydrogen) atoms. The molecule has 0 aliphatic carbocycles. The number of ether oxygens (including phenoxy) is 2. The zero-order valence-electron chi connectivity index (χ0n) is 33.3. The molecular formula is C44H55N5O7. The van der Waals surface area contributed by atoms with Crippen LogP contribution >= 0.6 is 0 Å². The van der Waals surface area contributed by atoms with Crippen molar-refractivity contribution in [2.24, 2.45) is 5.92 Å². The minimum atomic E-state index is -0.702. The topological polar surface area (TPSA) is 143 Å². The number of carbonyl (C=O) groups is 4. The van der Waals surface area contributed by atoms with Crippen molar-refractivity contribution in [1.82, 2.24) is 19.6 Å². The van der Waals surface area contributed by atoms with Crippen LogP contribution in [0.4, 0.5) is 5.69 Å². The van der Waals surface area contributed by atoms with E-state index in [0.29, 0.717) is 61.1 Å². The van der Waals surface area contributed by atoms with Gasteiger partial charge in [-0.1, -0.05) is 57.9 Å². The molecule has 12 nitrogen and oxygen atoms in total. The molecule has 12 heteroatoms. The van der Waals surface area contributed by atoms with Crippen LogP contribution in [0.25, 0.3) is 5.69 Å². The van der Waals surface area contributed by atoms with E-state index in [1.807, 2.05) is 49.9 Å². The molecule has 1 aliphatic rings. The number of benzene rings is 3. The Morgan fingerprint density at radius 3 is 2.23 bits per heavy atom. The third-order valence-corrected chi connectivity index (χ3v) is 10.1. The molecule has 0 bridgehead atoms. The number of aliphatic hydroxyl groups is 1.